The second-order valence-electron chi connectivity index (χ2n) is 2.54. The van der Waals surface area contributed by atoms with Crippen molar-refractivity contribution in [3.63, 3.8) is 0 Å². The molecular weight excluding hydrogens is 170 g/mol. The van der Waals surface area contributed by atoms with Gasteiger partial charge in [0.1, 0.15) is 0 Å². The normalized spacial score (nSPS) is 14.8. The molecule has 0 atom stereocenters. The van der Waals surface area contributed by atoms with Gasteiger partial charge in [-0.25, -0.2) is 0 Å². The van der Waals surface area contributed by atoms with Gasteiger partial charge in [-0.1, -0.05) is 0 Å². The molecule has 0 fully saturated rings. The zero-order valence-electron chi connectivity index (χ0n) is 6.45. The zero-order chi connectivity index (χ0) is 8.39. The summed E-state index contributed by atoms with van der Waals surface area (Å²) in [5, 5.41) is 5.31. The Balaban J connectivity index is 2.17. The summed E-state index contributed by atoms with van der Waals surface area (Å²) in [6.07, 6.45) is 3.37. The maximum Gasteiger partial charge on any atom is 0.0739 e. The minimum atomic E-state index is 0.690. The third kappa shape index (κ3) is 1.38. The summed E-state index contributed by atoms with van der Waals surface area (Å²) in [4.78, 5) is 3.91. The van der Waals surface area contributed by atoms with Crippen LogP contribution in [0.1, 0.15) is 0 Å². The number of hydrogen-bond acceptors (Lipinski definition) is 4. The molecule has 0 aliphatic carbocycles. The molecule has 62 valence electrons. The SMILES string of the molecule is Nc1cnccc1NC1=CSC1. The maximum absolute atomic E-state index is 5.69. The lowest BCUT2D eigenvalue weighted by atomic mass is 10.3. The van der Waals surface area contributed by atoms with Gasteiger partial charge in [0.2, 0.25) is 0 Å². The number of thioether (sulfide) groups is 1. The van der Waals surface area contributed by atoms with E-state index in [1.165, 1.54) is 5.70 Å². The monoisotopic (exact) mass is 179 g/mol. The van der Waals surface area contributed by atoms with Gasteiger partial charge >= 0.3 is 0 Å². The molecule has 1 aromatic heterocycles. The molecule has 12 heavy (non-hydrogen) atoms. The molecule has 0 saturated carbocycles. The Bertz CT molecular complexity index is 322. The number of nitrogens with two attached hydrogens (primary N) is 1. The molecule has 3 N–H and O–H groups in total. The van der Waals surface area contributed by atoms with Crippen molar-refractivity contribution in [2.75, 3.05) is 16.8 Å². The van der Waals surface area contributed by atoms with Gasteiger partial charge < -0.3 is 11.1 Å². The lowest BCUT2D eigenvalue weighted by Crippen LogP contribution is -2.08. The van der Waals surface area contributed by atoms with Crippen LogP contribution in [-0.4, -0.2) is 10.7 Å². The smallest absolute Gasteiger partial charge is 0.0739 e. The number of nitrogens with one attached hydrogen (secondary N) is 1. The van der Waals surface area contributed by atoms with E-state index in [9.17, 15) is 0 Å². The van der Waals surface area contributed by atoms with Crippen molar-refractivity contribution in [3.05, 3.63) is 29.6 Å². The molecule has 0 unspecified atom stereocenters. The quantitative estimate of drug-likeness (QED) is 0.725. The highest BCUT2D eigenvalue weighted by atomic mass is 32.2. The first-order chi connectivity index (χ1) is 5.86. The number of aromatic nitrogens is 1. The van der Waals surface area contributed by atoms with E-state index >= 15 is 0 Å². The maximum atomic E-state index is 5.69. The van der Waals surface area contributed by atoms with Gasteiger partial charge in [0.05, 0.1) is 17.6 Å². The van der Waals surface area contributed by atoms with Gasteiger partial charge in [-0.05, 0) is 11.5 Å². The number of hydrogen-bond donors (Lipinski definition) is 2. The van der Waals surface area contributed by atoms with E-state index in [2.05, 4.69) is 15.7 Å². The Labute approximate surface area is 75.1 Å². The zero-order valence-corrected chi connectivity index (χ0v) is 7.27. The van der Waals surface area contributed by atoms with Crippen LogP contribution in [-0.2, 0) is 0 Å². The van der Waals surface area contributed by atoms with Gasteiger partial charge in [0, 0.05) is 17.6 Å². The van der Waals surface area contributed by atoms with Gasteiger partial charge in [0.15, 0.2) is 0 Å². The Kier molecular flexibility index (Phi) is 1.91. The predicted molar refractivity (Wildman–Crippen MR) is 52.8 cm³/mol. The van der Waals surface area contributed by atoms with Crippen LogP contribution in [0.25, 0.3) is 0 Å². The molecule has 2 heterocycles. The lowest BCUT2D eigenvalue weighted by Gasteiger charge is -2.16. The number of rotatable bonds is 2. The second kappa shape index (κ2) is 3.06. The van der Waals surface area contributed by atoms with E-state index in [1.54, 1.807) is 24.2 Å². The van der Waals surface area contributed by atoms with Crippen molar-refractivity contribution in [2.45, 2.75) is 0 Å². The van der Waals surface area contributed by atoms with Crippen LogP contribution in [0, 0.1) is 0 Å². The lowest BCUT2D eigenvalue weighted by molar-refractivity contribution is 1.30. The summed E-state index contributed by atoms with van der Waals surface area (Å²) in [6.45, 7) is 0. The van der Waals surface area contributed by atoms with Crippen LogP contribution in [0.2, 0.25) is 0 Å². The molecule has 3 nitrogen and oxygen atoms in total. The molecule has 0 saturated heterocycles. The topological polar surface area (TPSA) is 50.9 Å². The molecule has 1 aliphatic rings. The second-order valence-corrected chi connectivity index (χ2v) is 3.40. The highest BCUT2D eigenvalue weighted by Crippen LogP contribution is 2.26. The Hall–Kier alpha value is -1.16. The van der Waals surface area contributed by atoms with Gasteiger partial charge in [-0.15, -0.1) is 11.8 Å². The Morgan fingerprint density at radius 2 is 2.42 bits per heavy atom. The molecule has 1 aromatic rings. The van der Waals surface area contributed by atoms with E-state index in [0.29, 0.717) is 5.69 Å². The van der Waals surface area contributed by atoms with Crippen molar-refractivity contribution >= 4 is 23.1 Å². The van der Waals surface area contributed by atoms with E-state index in [-0.39, 0.29) is 0 Å². The minimum Gasteiger partial charge on any atom is -0.396 e. The third-order valence-electron chi connectivity index (χ3n) is 1.61. The van der Waals surface area contributed by atoms with Crippen molar-refractivity contribution in [2.24, 2.45) is 0 Å². The first-order valence-corrected chi connectivity index (χ1v) is 4.68. The molecule has 0 bridgehead atoms. The van der Waals surface area contributed by atoms with Crippen LogP contribution in [0.5, 0.6) is 0 Å². The predicted octanol–water partition coefficient (Wildman–Crippen LogP) is 1.66. The summed E-state index contributed by atoms with van der Waals surface area (Å²) in [7, 11) is 0. The molecule has 1 aliphatic heterocycles. The fourth-order valence-corrected chi connectivity index (χ4v) is 1.39. The summed E-state index contributed by atoms with van der Waals surface area (Å²) >= 11 is 1.79. The van der Waals surface area contributed by atoms with Crippen LogP contribution in [0.15, 0.2) is 29.6 Å². The first-order valence-electron chi connectivity index (χ1n) is 3.63. The number of nitrogen functional groups attached to an aromatic ring is 1. The molecule has 4 heteroatoms. The van der Waals surface area contributed by atoms with Crippen molar-refractivity contribution in [3.8, 4) is 0 Å². The average molecular weight is 179 g/mol. The average Bonchev–Trinajstić information content (AvgIpc) is 2.00. The highest BCUT2D eigenvalue weighted by molar-refractivity contribution is 8.03. The summed E-state index contributed by atoms with van der Waals surface area (Å²) < 4.78 is 0. The molecule has 0 spiro atoms. The molecule has 2 rings (SSSR count). The van der Waals surface area contributed by atoms with E-state index in [4.69, 9.17) is 5.73 Å². The van der Waals surface area contributed by atoms with Crippen molar-refractivity contribution < 1.29 is 0 Å². The van der Waals surface area contributed by atoms with Crippen molar-refractivity contribution in [1.29, 1.82) is 0 Å². The standard InChI is InChI=1S/C8H9N3S/c9-7-3-10-2-1-8(7)11-6-4-12-5-6/h1-4H,5,9H2,(H,10,11). The van der Waals surface area contributed by atoms with Gasteiger partial charge in [-0.3, -0.25) is 4.98 Å². The largest absolute Gasteiger partial charge is 0.396 e. The fraction of sp³-hybridized carbons (Fsp3) is 0.125. The molecular formula is C8H9N3S. The summed E-state index contributed by atoms with van der Waals surface area (Å²) in [6, 6.07) is 1.87. The number of nitrogens with zero attached hydrogens (tertiary/aromatic N) is 1. The van der Waals surface area contributed by atoms with Crippen LogP contribution >= 0.6 is 11.8 Å². The van der Waals surface area contributed by atoms with Crippen LogP contribution in [0.3, 0.4) is 0 Å². The van der Waals surface area contributed by atoms with Crippen LogP contribution in [0.4, 0.5) is 11.4 Å². The van der Waals surface area contributed by atoms with E-state index in [0.717, 1.165) is 11.4 Å². The van der Waals surface area contributed by atoms with Crippen molar-refractivity contribution in [1.82, 2.24) is 4.98 Å². The first kappa shape index (κ1) is 7.49. The summed E-state index contributed by atoms with van der Waals surface area (Å²) in [5.41, 5.74) is 8.54. The van der Waals surface area contributed by atoms with Gasteiger partial charge in [0.25, 0.3) is 0 Å². The molecule has 0 radical (unpaired) electrons. The Morgan fingerprint density at radius 3 is 3.00 bits per heavy atom. The van der Waals surface area contributed by atoms with E-state index < -0.39 is 0 Å². The highest BCUT2D eigenvalue weighted by Gasteiger charge is 2.07. The van der Waals surface area contributed by atoms with Gasteiger partial charge in [-0.2, -0.15) is 0 Å². The third-order valence-corrected chi connectivity index (χ3v) is 2.54. The minimum absolute atomic E-state index is 0.690. The van der Waals surface area contributed by atoms with Crippen LogP contribution < -0.4 is 11.1 Å². The molecule has 0 amide bonds. The van der Waals surface area contributed by atoms with E-state index in [1.807, 2.05) is 6.07 Å². The number of pyridine rings is 1. The summed E-state index contributed by atoms with van der Waals surface area (Å²) in [5.74, 6) is 1.04. The fourth-order valence-electron chi connectivity index (χ4n) is 0.926. The number of anilines is 2. The molecule has 0 aromatic carbocycles. The Morgan fingerprint density at radius 1 is 1.58 bits per heavy atom.